The van der Waals surface area contributed by atoms with Crippen molar-refractivity contribution in [3.05, 3.63) is 193 Å². The molecule has 298 valence electrons. The Balaban J connectivity index is 1.25. The van der Waals surface area contributed by atoms with Crippen molar-refractivity contribution in [3.63, 3.8) is 0 Å². The lowest BCUT2D eigenvalue weighted by atomic mass is 9.83. The number of para-hydroxylation sites is 4. The Hall–Kier alpha value is -7.56. The second-order valence-corrected chi connectivity index (χ2v) is 17.9. The summed E-state index contributed by atoms with van der Waals surface area (Å²) in [4.78, 5) is 4.82. The standard InChI is InChI=1S/C58H44N2O2/c1-35-20-26-40(27-21-35)59(48-16-10-14-44-42-12-6-8-18-52(42)61-56(44)48)50-34-51(47-31-25-38-33-39(58(3,4)5)32-37-24-30-46(50)55(47)54(37)38)60(41-28-22-36(2)23-29-41)49-17-11-15-45-43-13-7-9-19-53(43)62-57(45)49/h6-34H,1-5H3. The zero-order valence-corrected chi connectivity index (χ0v) is 35.5. The van der Waals surface area contributed by atoms with Gasteiger partial charge in [0, 0.05) is 49.1 Å². The summed E-state index contributed by atoms with van der Waals surface area (Å²) in [7, 11) is 0. The minimum atomic E-state index is -0.0121. The van der Waals surface area contributed by atoms with Crippen LogP contribution in [0.2, 0.25) is 0 Å². The van der Waals surface area contributed by atoms with Gasteiger partial charge >= 0.3 is 0 Å². The SMILES string of the molecule is Cc1ccc(N(c2cc(N(c3ccc(C)cc3)c3cccc4c3oc3ccccc34)c3ccc4cc(C(C)(C)C)cc5ccc2c3c54)c2cccc3c2oc2ccccc23)cc1. The quantitative estimate of drug-likeness (QED) is 0.157. The van der Waals surface area contributed by atoms with Gasteiger partial charge in [0.15, 0.2) is 11.2 Å². The van der Waals surface area contributed by atoms with Crippen molar-refractivity contribution in [2.45, 2.75) is 40.0 Å². The zero-order valence-electron chi connectivity index (χ0n) is 35.5. The molecule has 0 aliphatic heterocycles. The molecule has 0 fully saturated rings. The molecule has 0 saturated heterocycles. The van der Waals surface area contributed by atoms with Gasteiger partial charge in [-0.3, -0.25) is 0 Å². The summed E-state index contributed by atoms with van der Waals surface area (Å²) in [5, 5.41) is 11.6. The van der Waals surface area contributed by atoms with E-state index < -0.39 is 0 Å². The van der Waals surface area contributed by atoms with Crippen molar-refractivity contribution in [1.29, 1.82) is 0 Å². The molecule has 0 aliphatic rings. The van der Waals surface area contributed by atoms with E-state index in [1.54, 1.807) is 0 Å². The average molecular weight is 801 g/mol. The highest BCUT2D eigenvalue weighted by atomic mass is 16.3. The van der Waals surface area contributed by atoms with E-state index in [2.05, 4.69) is 208 Å². The molecular formula is C58H44N2O2. The number of hydrogen-bond donors (Lipinski definition) is 0. The predicted octanol–water partition coefficient (Wildman–Crippen LogP) is 17.2. The molecule has 0 saturated carbocycles. The lowest BCUT2D eigenvalue weighted by Gasteiger charge is -2.32. The third kappa shape index (κ3) is 5.53. The number of fused-ring (bicyclic) bond motifs is 6. The van der Waals surface area contributed by atoms with Crippen molar-refractivity contribution in [2.75, 3.05) is 9.80 Å². The van der Waals surface area contributed by atoms with Crippen molar-refractivity contribution >= 4 is 110 Å². The van der Waals surface area contributed by atoms with Crippen LogP contribution in [0, 0.1) is 13.8 Å². The Bertz CT molecular complexity index is 3470. The minimum Gasteiger partial charge on any atom is -0.454 e. The lowest BCUT2D eigenvalue weighted by Crippen LogP contribution is -2.15. The monoisotopic (exact) mass is 800 g/mol. The first kappa shape index (κ1) is 36.3. The van der Waals surface area contributed by atoms with Gasteiger partial charge in [-0.1, -0.05) is 153 Å². The predicted molar refractivity (Wildman–Crippen MR) is 262 cm³/mol. The number of hydrogen-bond acceptors (Lipinski definition) is 4. The Morgan fingerprint density at radius 1 is 0.371 bits per heavy atom. The number of benzene rings is 10. The van der Waals surface area contributed by atoms with Crippen LogP contribution < -0.4 is 9.80 Å². The van der Waals surface area contributed by atoms with E-state index in [-0.39, 0.29) is 5.41 Å². The van der Waals surface area contributed by atoms with Crippen molar-refractivity contribution in [1.82, 2.24) is 0 Å². The topological polar surface area (TPSA) is 32.8 Å². The fraction of sp³-hybridized carbons (Fsp3) is 0.103. The maximum Gasteiger partial charge on any atom is 0.159 e. The largest absolute Gasteiger partial charge is 0.454 e. The van der Waals surface area contributed by atoms with E-state index in [9.17, 15) is 0 Å². The second-order valence-electron chi connectivity index (χ2n) is 17.9. The highest BCUT2D eigenvalue weighted by Gasteiger charge is 2.28. The van der Waals surface area contributed by atoms with Crippen LogP contribution >= 0.6 is 0 Å². The highest BCUT2D eigenvalue weighted by Crippen LogP contribution is 2.53. The zero-order chi connectivity index (χ0) is 41.9. The first-order valence-electron chi connectivity index (χ1n) is 21.5. The molecule has 0 amide bonds. The molecule has 12 rings (SSSR count). The lowest BCUT2D eigenvalue weighted by molar-refractivity contribution is 0.591. The number of nitrogens with zero attached hydrogens (tertiary/aromatic N) is 2. The summed E-state index contributed by atoms with van der Waals surface area (Å²) in [6.45, 7) is 11.2. The Kier molecular flexibility index (Phi) is 7.89. The summed E-state index contributed by atoms with van der Waals surface area (Å²) in [6, 6.07) is 64.0. The molecule has 62 heavy (non-hydrogen) atoms. The normalized spacial score (nSPS) is 12.3. The Labute approximate surface area is 360 Å². The van der Waals surface area contributed by atoms with E-state index in [1.807, 2.05) is 12.1 Å². The smallest absolute Gasteiger partial charge is 0.159 e. The number of anilines is 6. The van der Waals surface area contributed by atoms with Crippen LogP contribution in [-0.2, 0) is 5.41 Å². The maximum absolute atomic E-state index is 6.84. The number of furan rings is 2. The summed E-state index contributed by atoms with van der Waals surface area (Å²) < 4.78 is 13.7. The number of aryl methyl sites for hydroxylation is 2. The average Bonchev–Trinajstić information content (AvgIpc) is 3.87. The molecule has 2 aromatic heterocycles. The minimum absolute atomic E-state index is 0.0121. The summed E-state index contributed by atoms with van der Waals surface area (Å²) >= 11 is 0. The summed E-state index contributed by atoms with van der Waals surface area (Å²) in [5.41, 5.74) is 13.3. The van der Waals surface area contributed by atoms with Crippen LogP contribution in [0.4, 0.5) is 34.1 Å². The maximum atomic E-state index is 6.84. The molecule has 0 radical (unpaired) electrons. The van der Waals surface area contributed by atoms with Crippen LogP contribution in [-0.4, -0.2) is 0 Å². The number of rotatable bonds is 6. The molecule has 0 atom stereocenters. The van der Waals surface area contributed by atoms with Crippen LogP contribution in [0.15, 0.2) is 185 Å². The Morgan fingerprint density at radius 2 is 0.806 bits per heavy atom. The molecule has 4 heteroatoms. The fourth-order valence-corrected chi connectivity index (χ4v) is 9.70. The first-order valence-corrected chi connectivity index (χ1v) is 21.5. The van der Waals surface area contributed by atoms with Crippen LogP contribution in [0.5, 0.6) is 0 Å². The third-order valence-electron chi connectivity index (χ3n) is 12.9. The summed E-state index contributed by atoms with van der Waals surface area (Å²) in [5.74, 6) is 0. The third-order valence-corrected chi connectivity index (χ3v) is 12.9. The van der Waals surface area contributed by atoms with Gasteiger partial charge in [0.2, 0.25) is 0 Å². The molecule has 0 N–H and O–H groups in total. The van der Waals surface area contributed by atoms with Gasteiger partial charge in [-0.2, -0.15) is 0 Å². The first-order chi connectivity index (χ1) is 30.2. The molecule has 0 aliphatic carbocycles. The summed E-state index contributed by atoms with van der Waals surface area (Å²) in [6.07, 6.45) is 0. The van der Waals surface area contributed by atoms with E-state index in [0.29, 0.717) is 0 Å². The van der Waals surface area contributed by atoms with E-state index in [0.717, 1.165) is 88.8 Å². The molecule has 0 bridgehead atoms. The molecule has 4 nitrogen and oxygen atoms in total. The highest BCUT2D eigenvalue weighted by molar-refractivity contribution is 6.29. The van der Waals surface area contributed by atoms with Gasteiger partial charge in [-0.05, 0) is 95.6 Å². The van der Waals surface area contributed by atoms with Gasteiger partial charge in [0.05, 0.1) is 22.7 Å². The molecule has 2 heterocycles. The van der Waals surface area contributed by atoms with Gasteiger partial charge < -0.3 is 18.6 Å². The van der Waals surface area contributed by atoms with E-state index >= 15 is 0 Å². The Morgan fingerprint density at radius 3 is 1.26 bits per heavy atom. The van der Waals surface area contributed by atoms with Crippen molar-refractivity contribution in [2.24, 2.45) is 0 Å². The molecule has 12 aromatic rings. The molecule has 0 spiro atoms. The van der Waals surface area contributed by atoms with Crippen LogP contribution in [0.3, 0.4) is 0 Å². The molecular weight excluding hydrogens is 757 g/mol. The van der Waals surface area contributed by atoms with Gasteiger partial charge in [-0.15, -0.1) is 0 Å². The van der Waals surface area contributed by atoms with Gasteiger partial charge in [0.1, 0.15) is 11.2 Å². The van der Waals surface area contributed by atoms with Crippen LogP contribution in [0.1, 0.15) is 37.5 Å². The second kappa shape index (κ2) is 13.5. The van der Waals surface area contributed by atoms with E-state index in [1.165, 1.54) is 38.2 Å². The van der Waals surface area contributed by atoms with E-state index in [4.69, 9.17) is 8.83 Å². The van der Waals surface area contributed by atoms with Gasteiger partial charge in [0.25, 0.3) is 0 Å². The molecule has 0 unspecified atom stereocenters. The fourth-order valence-electron chi connectivity index (χ4n) is 9.70. The van der Waals surface area contributed by atoms with Crippen molar-refractivity contribution < 1.29 is 8.83 Å². The van der Waals surface area contributed by atoms with Crippen molar-refractivity contribution in [3.8, 4) is 0 Å². The van der Waals surface area contributed by atoms with Crippen LogP contribution in [0.25, 0.3) is 76.2 Å². The molecule has 10 aromatic carbocycles. The van der Waals surface area contributed by atoms with Gasteiger partial charge in [-0.25, -0.2) is 0 Å².